The Morgan fingerprint density at radius 1 is 1.14 bits per heavy atom. The number of thiocarbonyl (C=S) groups is 1. The van der Waals surface area contributed by atoms with Crippen molar-refractivity contribution in [3.05, 3.63) is 59.9 Å². The molecule has 1 saturated heterocycles. The predicted octanol–water partition coefficient (Wildman–Crippen LogP) is 3.81. The van der Waals surface area contributed by atoms with Gasteiger partial charge in [-0.25, -0.2) is 4.39 Å². The molecule has 0 radical (unpaired) electrons. The molecule has 0 aromatic heterocycles. The first kappa shape index (κ1) is 26.4. The summed E-state index contributed by atoms with van der Waals surface area (Å²) >= 11 is 5.53. The zero-order valence-corrected chi connectivity index (χ0v) is 21.2. The maximum absolute atomic E-state index is 13.2. The Balaban J connectivity index is 1.65. The van der Waals surface area contributed by atoms with Crippen LogP contribution in [0, 0.1) is 17.7 Å². The second-order valence-electron chi connectivity index (χ2n) is 9.08. The maximum atomic E-state index is 13.2. The Labute approximate surface area is 211 Å². The molecule has 1 aliphatic heterocycles. The molecular weight excluding hydrogens is 467 g/mol. The van der Waals surface area contributed by atoms with Gasteiger partial charge in [-0.3, -0.25) is 9.59 Å². The average molecular weight is 501 g/mol. The van der Waals surface area contributed by atoms with Crippen molar-refractivity contribution in [1.29, 1.82) is 0 Å². The van der Waals surface area contributed by atoms with Gasteiger partial charge in [0.15, 0.2) is 5.11 Å². The lowest BCUT2D eigenvalue weighted by molar-refractivity contribution is -0.124. The van der Waals surface area contributed by atoms with Crippen LogP contribution in [0.25, 0.3) is 0 Å². The lowest BCUT2D eigenvalue weighted by Gasteiger charge is -2.37. The fraction of sp³-hybridized carbons (Fsp3) is 0.423. The van der Waals surface area contributed by atoms with Crippen LogP contribution in [-0.2, 0) is 4.79 Å². The molecule has 2 aromatic carbocycles. The van der Waals surface area contributed by atoms with Crippen LogP contribution in [-0.4, -0.2) is 54.6 Å². The summed E-state index contributed by atoms with van der Waals surface area (Å²) in [5.41, 5.74) is 1.16. The minimum atomic E-state index is -0.659. The van der Waals surface area contributed by atoms with Gasteiger partial charge in [-0.15, -0.1) is 0 Å². The van der Waals surface area contributed by atoms with Crippen LogP contribution >= 0.6 is 12.2 Å². The van der Waals surface area contributed by atoms with E-state index in [-0.39, 0.29) is 23.5 Å². The number of rotatable bonds is 8. The van der Waals surface area contributed by atoms with Crippen molar-refractivity contribution in [3.8, 4) is 5.75 Å². The number of carbonyl (C=O) groups is 2. The summed E-state index contributed by atoms with van der Waals surface area (Å²) in [5.74, 6) is 0.0333. The van der Waals surface area contributed by atoms with Gasteiger partial charge in [-0.05, 0) is 79.4 Å². The van der Waals surface area contributed by atoms with E-state index in [1.165, 1.54) is 12.1 Å². The van der Waals surface area contributed by atoms with Crippen molar-refractivity contribution in [2.24, 2.45) is 11.8 Å². The van der Waals surface area contributed by atoms with E-state index in [1.807, 2.05) is 18.7 Å². The van der Waals surface area contributed by atoms with Gasteiger partial charge in [0.05, 0.1) is 7.11 Å². The Morgan fingerprint density at radius 2 is 1.83 bits per heavy atom. The Bertz CT molecular complexity index is 1020. The lowest BCUT2D eigenvalue weighted by atomic mass is 9.88. The molecule has 2 aromatic rings. The average Bonchev–Trinajstić information content (AvgIpc) is 2.87. The van der Waals surface area contributed by atoms with Crippen LogP contribution < -0.4 is 20.7 Å². The molecule has 7 nitrogen and oxygen atoms in total. The van der Waals surface area contributed by atoms with Gasteiger partial charge < -0.3 is 25.6 Å². The van der Waals surface area contributed by atoms with Crippen LogP contribution in [0.4, 0.5) is 10.1 Å². The third-order valence-electron chi connectivity index (χ3n) is 5.98. The first-order chi connectivity index (χ1) is 16.8. The molecule has 1 aliphatic rings. The van der Waals surface area contributed by atoms with E-state index < -0.39 is 6.04 Å². The summed E-state index contributed by atoms with van der Waals surface area (Å²) in [7, 11) is 1.54. The highest BCUT2D eigenvalue weighted by molar-refractivity contribution is 7.80. The van der Waals surface area contributed by atoms with E-state index in [1.54, 1.807) is 43.5 Å². The molecule has 2 amide bonds. The third-order valence-corrected chi connectivity index (χ3v) is 6.34. The van der Waals surface area contributed by atoms with Gasteiger partial charge in [0.2, 0.25) is 5.91 Å². The normalized spacial score (nSPS) is 14.8. The summed E-state index contributed by atoms with van der Waals surface area (Å²) in [6.07, 6.45) is 1.37. The van der Waals surface area contributed by atoms with Crippen LogP contribution in [0.1, 0.15) is 37.0 Å². The van der Waals surface area contributed by atoms with Crippen LogP contribution in [0.2, 0.25) is 0 Å². The lowest BCUT2D eigenvalue weighted by Crippen LogP contribution is -2.54. The first-order valence-corrected chi connectivity index (χ1v) is 12.2. The van der Waals surface area contributed by atoms with Gasteiger partial charge >= 0.3 is 0 Å². The first-order valence-electron chi connectivity index (χ1n) is 11.8. The number of nitrogens with zero attached hydrogens (tertiary/aromatic N) is 1. The molecule has 0 bridgehead atoms. The third kappa shape index (κ3) is 7.65. The molecule has 0 spiro atoms. The number of benzene rings is 2. The van der Waals surface area contributed by atoms with Crippen molar-refractivity contribution in [3.63, 3.8) is 0 Å². The summed E-state index contributed by atoms with van der Waals surface area (Å²) in [5, 5.41) is 9.61. The number of methoxy groups -OCH3 is 1. The van der Waals surface area contributed by atoms with Crippen LogP contribution in [0.3, 0.4) is 0 Å². The molecule has 1 atom stereocenters. The Kier molecular flexibility index (Phi) is 9.42. The number of hydrogen-bond donors (Lipinski definition) is 3. The summed E-state index contributed by atoms with van der Waals surface area (Å²) in [4.78, 5) is 28.1. The zero-order chi connectivity index (χ0) is 25.4. The number of ether oxygens (including phenoxy) is 1. The standard InChI is InChI=1S/C26H33FN4O3S/c1-17(2)16-28-25(33)23(30-24(32)19-5-4-6-22(15-19)34-3)18-11-13-31(14-12-18)26(35)29-21-9-7-20(27)8-10-21/h4-10,15,17-18,23H,11-14,16H2,1-3H3,(H,28,33)(H,29,35)(H,30,32)/t23-/m1/s1. The molecule has 0 aliphatic carbocycles. The summed E-state index contributed by atoms with van der Waals surface area (Å²) < 4.78 is 18.4. The number of amides is 2. The second-order valence-corrected chi connectivity index (χ2v) is 9.47. The monoisotopic (exact) mass is 500 g/mol. The molecule has 1 fully saturated rings. The molecule has 35 heavy (non-hydrogen) atoms. The van der Waals surface area contributed by atoms with Gasteiger partial charge in [0, 0.05) is 30.9 Å². The van der Waals surface area contributed by atoms with Gasteiger partial charge in [-0.2, -0.15) is 0 Å². The number of carbonyl (C=O) groups excluding carboxylic acids is 2. The Hall–Kier alpha value is -3.20. The highest BCUT2D eigenvalue weighted by Crippen LogP contribution is 2.23. The van der Waals surface area contributed by atoms with Gasteiger partial charge in [-0.1, -0.05) is 19.9 Å². The minimum absolute atomic E-state index is 0.0402. The van der Waals surface area contributed by atoms with E-state index in [0.717, 1.165) is 5.69 Å². The number of piperidine rings is 1. The smallest absolute Gasteiger partial charge is 0.252 e. The second kappa shape index (κ2) is 12.5. The Morgan fingerprint density at radius 3 is 2.46 bits per heavy atom. The zero-order valence-electron chi connectivity index (χ0n) is 20.3. The van der Waals surface area contributed by atoms with Gasteiger partial charge in [0.1, 0.15) is 17.6 Å². The maximum Gasteiger partial charge on any atom is 0.252 e. The summed E-state index contributed by atoms with van der Waals surface area (Å²) in [6.45, 7) is 5.87. The van der Waals surface area contributed by atoms with Crippen molar-refractivity contribution in [2.45, 2.75) is 32.7 Å². The highest BCUT2D eigenvalue weighted by Gasteiger charge is 2.33. The minimum Gasteiger partial charge on any atom is -0.497 e. The number of nitrogens with one attached hydrogen (secondary N) is 3. The largest absolute Gasteiger partial charge is 0.497 e. The van der Waals surface area contributed by atoms with Crippen LogP contribution in [0.15, 0.2) is 48.5 Å². The van der Waals surface area contributed by atoms with Gasteiger partial charge in [0.25, 0.3) is 5.91 Å². The summed E-state index contributed by atoms with van der Waals surface area (Å²) in [6, 6.07) is 12.2. The highest BCUT2D eigenvalue weighted by atomic mass is 32.1. The molecule has 1 heterocycles. The van der Waals surface area contributed by atoms with E-state index in [0.29, 0.717) is 54.8 Å². The fourth-order valence-electron chi connectivity index (χ4n) is 3.97. The van der Waals surface area contributed by atoms with E-state index in [2.05, 4.69) is 16.0 Å². The predicted molar refractivity (Wildman–Crippen MR) is 139 cm³/mol. The molecule has 188 valence electrons. The molecule has 9 heteroatoms. The van der Waals surface area contributed by atoms with E-state index in [4.69, 9.17) is 17.0 Å². The number of anilines is 1. The topological polar surface area (TPSA) is 82.7 Å². The van der Waals surface area contributed by atoms with Crippen molar-refractivity contribution in [2.75, 3.05) is 32.1 Å². The quantitative estimate of drug-likeness (QED) is 0.478. The molecular formula is C26H33FN4O3S. The fourth-order valence-corrected chi connectivity index (χ4v) is 4.27. The number of hydrogen-bond acceptors (Lipinski definition) is 4. The molecule has 3 N–H and O–H groups in total. The van der Waals surface area contributed by atoms with Crippen molar-refractivity contribution >= 4 is 34.8 Å². The molecule has 3 rings (SSSR count). The number of halogens is 1. The van der Waals surface area contributed by atoms with E-state index in [9.17, 15) is 14.0 Å². The van der Waals surface area contributed by atoms with E-state index >= 15 is 0 Å². The van der Waals surface area contributed by atoms with Crippen LogP contribution in [0.5, 0.6) is 5.75 Å². The molecule has 0 unspecified atom stereocenters. The molecule has 0 saturated carbocycles. The van der Waals surface area contributed by atoms with Crippen molar-refractivity contribution in [1.82, 2.24) is 15.5 Å². The van der Waals surface area contributed by atoms with Crippen molar-refractivity contribution < 1.29 is 18.7 Å². The SMILES string of the molecule is COc1cccc(C(=O)N[C@@H](C(=O)NCC(C)C)C2CCN(C(=S)Nc3ccc(F)cc3)CC2)c1. The number of likely N-dealkylation sites (tertiary alicyclic amines) is 1.